The van der Waals surface area contributed by atoms with E-state index in [4.69, 9.17) is 4.74 Å². The number of ether oxygens (including phenoxy) is 1. The molecule has 0 amide bonds. The van der Waals surface area contributed by atoms with E-state index in [1.807, 2.05) is 6.08 Å². The second-order valence-electron chi connectivity index (χ2n) is 4.69. The van der Waals surface area contributed by atoms with Crippen molar-refractivity contribution in [3.63, 3.8) is 0 Å². The SMILES string of the molecule is O=C1OC[C@@]23CC[C@H](O)[C@H]2C=CC[C@@H]13. The molecule has 0 bridgehead atoms. The highest BCUT2D eigenvalue weighted by Gasteiger charge is 2.59. The van der Waals surface area contributed by atoms with E-state index in [-0.39, 0.29) is 29.3 Å². The molecular formula is C11H14O3. The zero-order valence-electron chi connectivity index (χ0n) is 7.98. The third-order valence-corrected chi connectivity index (χ3v) is 4.16. The third-order valence-electron chi connectivity index (χ3n) is 4.16. The molecule has 0 unspecified atom stereocenters. The Balaban J connectivity index is 2.04. The lowest BCUT2D eigenvalue weighted by molar-refractivity contribution is -0.141. The van der Waals surface area contributed by atoms with Crippen LogP contribution in [-0.2, 0) is 9.53 Å². The summed E-state index contributed by atoms with van der Waals surface area (Å²) in [6, 6.07) is 0. The van der Waals surface area contributed by atoms with E-state index in [0.717, 1.165) is 19.3 Å². The first-order chi connectivity index (χ1) is 6.74. The van der Waals surface area contributed by atoms with Crippen molar-refractivity contribution in [2.45, 2.75) is 25.4 Å². The standard InChI is InChI=1S/C11H14O3/c12-9-4-5-11-6-14-10(13)8(11)3-1-2-7(9)11/h1-2,7-9,12H,3-6H2/t7-,8+,9+,11+/m1/s1. The van der Waals surface area contributed by atoms with Gasteiger partial charge in [0, 0.05) is 11.3 Å². The molecule has 1 N–H and O–H groups in total. The molecule has 0 aromatic rings. The van der Waals surface area contributed by atoms with Gasteiger partial charge in [-0.3, -0.25) is 4.79 Å². The van der Waals surface area contributed by atoms with Crippen LogP contribution in [0.4, 0.5) is 0 Å². The van der Waals surface area contributed by atoms with Crippen molar-refractivity contribution < 1.29 is 14.6 Å². The average molecular weight is 194 g/mol. The molecule has 3 heteroatoms. The Hall–Kier alpha value is -0.830. The molecule has 1 spiro atoms. The van der Waals surface area contributed by atoms with E-state index in [1.54, 1.807) is 0 Å². The Morgan fingerprint density at radius 1 is 1.57 bits per heavy atom. The molecule has 76 valence electrons. The molecule has 1 saturated carbocycles. The lowest BCUT2D eigenvalue weighted by Crippen LogP contribution is -2.38. The van der Waals surface area contributed by atoms with Gasteiger partial charge in [0.25, 0.3) is 0 Å². The number of carbonyl (C=O) groups excluding carboxylic acids is 1. The summed E-state index contributed by atoms with van der Waals surface area (Å²) in [5.74, 6) is 0.0933. The lowest BCUT2D eigenvalue weighted by atomic mass is 9.66. The summed E-state index contributed by atoms with van der Waals surface area (Å²) in [7, 11) is 0. The van der Waals surface area contributed by atoms with Gasteiger partial charge in [-0.15, -0.1) is 0 Å². The number of hydrogen-bond donors (Lipinski definition) is 1. The Morgan fingerprint density at radius 3 is 3.29 bits per heavy atom. The molecule has 0 radical (unpaired) electrons. The quantitative estimate of drug-likeness (QED) is 0.460. The zero-order chi connectivity index (χ0) is 9.76. The van der Waals surface area contributed by atoms with Crippen molar-refractivity contribution in [1.82, 2.24) is 0 Å². The van der Waals surface area contributed by atoms with Gasteiger partial charge in [-0.05, 0) is 19.3 Å². The number of esters is 1. The maximum Gasteiger partial charge on any atom is 0.309 e. The van der Waals surface area contributed by atoms with E-state index < -0.39 is 0 Å². The molecular weight excluding hydrogens is 180 g/mol. The number of cyclic esters (lactones) is 1. The maximum atomic E-state index is 11.5. The van der Waals surface area contributed by atoms with Crippen molar-refractivity contribution in [3.05, 3.63) is 12.2 Å². The first-order valence-electron chi connectivity index (χ1n) is 5.25. The van der Waals surface area contributed by atoms with Gasteiger partial charge < -0.3 is 9.84 Å². The summed E-state index contributed by atoms with van der Waals surface area (Å²) in [4.78, 5) is 11.5. The van der Waals surface area contributed by atoms with Crippen molar-refractivity contribution in [2.75, 3.05) is 6.61 Å². The molecule has 1 saturated heterocycles. The Morgan fingerprint density at radius 2 is 2.43 bits per heavy atom. The van der Waals surface area contributed by atoms with Crippen LogP contribution in [0.1, 0.15) is 19.3 Å². The molecule has 3 nitrogen and oxygen atoms in total. The molecule has 2 fully saturated rings. The molecule has 1 aliphatic heterocycles. The largest absolute Gasteiger partial charge is 0.465 e. The highest BCUT2D eigenvalue weighted by molar-refractivity contribution is 5.76. The zero-order valence-corrected chi connectivity index (χ0v) is 7.98. The number of aliphatic hydroxyl groups is 1. The summed E-state index contributed by atoms with van der Waals surface area (Å²) in [6.07, 6.45) is 6.36. The minimum atomic E-state index is -0.274. The van der Waals surface area contributed by atoms with E-state index >= 15 is 0 Å². The van der Waals surface area contributed by atoms with Gasteiger partial charge in [0.2, 0.25) is 0 Å². The molecule has 2 aliphatic carbocycles. The number of rotatable bonds is 0. The van der Waals surface area contributed by atoms with Crippen molar-refractivity contribution in [1.29, 1.82) is 0 Å². The highest BCUT2D eigenvalue weighted by atomic mass is 16.5. The molecule has 0 aromatic heterocycles. The molecule has 1 heterocycles. The average Bonchev–Trinajstić information content (AvgIpc) is 2.69. The Labute approximate surface area is 82.8 Å². The van der Waals surface area contributed by atoms with E-state index in [9.17, 15) is 9.90 Å². The van der Waals surface area contributed by atoms with Gasteiger partial charge in [-0.1, -0.05) is 12.2 Å². The van der Waals surface area contributed by atoms with Crippen LogP contribution in [0.5, 0.6) is 0 Å². The van der Waals surface area contributed by atoms with Crippen molar-refractivity contribution in [2.24, 2.45) is 17.3 Å². The smallest absolute Gasteiger partial charge is 0.309 e. The van der Waals surface area contributed by atoms with Crippen LogP contribution < -0.4 is 0 Å². The summed E-state index contributed by atoms with van der Waals surface area (Å²) in [5, 5.41) is 9.83. The summed E-state index contributed by atoms with van der Waals surface area (Å²) < 4.78 is 5.16. The van der Waals surface area contributed by atoms with Crippen LogP contribution in [0.25, 0.3) is 0 Å². The van der Waals surface area contributed by atoms with Crippen molar-refractivity contribution in [3.8, 4) is 0 Å². The first-order valence-corrected chi connectivity index (χ1v) is 5.25. The minimum Gasteiger partial charge on any atom is -0.465 e. The molecule has 14 heavy (non-hydrogen) atoms. The number of carbonyl (C=O) groups is 1. The molecule has 0 aromatic carbocycles. The summed E-state index contributed by atoms with van der Waals surface area (Å²) in [5.41, 5.74) is -0.0642. The van der Waals surface area contributed by atoms with Crippen molar-refractivity contribution >= 4 is 5.97 Å². The van der Waals surface area contributed by atoms with E-state index in [0.29, 0.717) is 6.61 Å². The van der Waals surface area contributed by atoms with Gasteiger partial charge in [0.15, 0.2) is 0 Å². The predicted molar refractivity (Wildman–Crippen MR) is 49.4 cm³/mol. The van der Waals surface area contributed by atoms with Crippen LogP contribution in [0.15, 0.2) is 12.2 Å². The van der Waals surface area contributed by atoms with Crippen LogP contribution >= 0.6 is 0 Å². The molecule has 3 rings (SSSR count). The fourth-order valence-electron chi connectivity index (χ4n) is 3.37. The topological polar surface area (TPSA) is 46.5 Å². The molecule has 4 atom stereocenters. The third kappa shape index (κ3) is 0.836. The Bertz CT molecular complexity index is 310. The first kappa shape index (κ1) is 8.48. The predicted octanol–water partition coefficient (Wildman–Crippen LogP) is 0.877. The second-order valence-corrected chi connectivity index (χ2v) is 4.69. The number of hydrogen-bond acceptors (Lipinski definition) is 3. The normalized spacial score (nSPS) is 50.1. The van der Waals surface area contributed by atoms with Crippen LogP contribution in [0.3, 0.4) is 0 Å². The maximum absolute atomic E-state index is 11.5. The van der Waals surface area contributed by atoms with Crippen LogP contribution in [0.2, 0.25) is 0 Å². The fraction of sp³-hybridized carbons (Fsp3) is 0.727. The Kier molecular flexibility index (Phi) is 1.57. The van der Waals surface area contributed by atoms with E-state index in [1.165, 1.54) is 0 Å². The number of aliphatic hydroxyl groups excluding tert-OH is 1. The summed E-state index contributed by atoms with van der Waals surface area (Å²) in [6.45, 7) is 0.516. The van der Waals surface area contributed by atoms with E-state index in [2.05, 4.69) is 6.08 Å². The lowest BCUT2D eigenvalue weighted by Gasteiger charge is -2.35. The van der Waals surface area contributed by atoms with Gasteiger partial charge >= 0.3 is 5.97 Å². The van der Waals surface area contributed by atoms with Crippen LogP contribution in [0, 0.1) is 17.3 Å². The molecule has 3 aliphatic rings. The minimum absolute atomic E-state index is 0.00894. The van der Waals surface area contributed by atoms with Gasteiger partial charge in [0.05, 0.1) is 18.6 Å². The van der Waals surface area contributed by atoms with Gasteiger partial charge in [-0.25, -0.2) is 0 Å². The monoisotopic (exact) mass is 194 g/mol. The van der Waals surface area contributed by atoms with Gasteiger partial charge in [-0.2, -0.15) is 0 Å². The number of allylic oxidation sites excluding steroid dienone is 1. The second kappa shape index (κ2) is 2.60. The highest BCUT2D eigenvalue weighted by Crippen LogP contribution is 2.56. The van der Waals surface area contributed by atoms with Gasteiger partial charge in [0.1, 0.15) is 0 Å². The fourth-order valence-corrected chi connectivity index (χ4v) is 3.37. The van der Waals surface area contributed by atoms with Crippen LogP contribution in [-0.4, -0.2) is 23.8 Å². The summed E-state index contributed by atoms with van der Waals surface area (Å²) >= 11 is 0.